The first-order chi connectivity index (χ1) is 5.87. The van der Waals surface area contributed by atoms with Crippen molar-refractivity contribution < 1.29 is 0 Å². The Morgan fingerprint density at radius 3 is 2.67 bits per heavy atom. The van der Waals surface area contributed by atoms with Crippen molar-refractivity contribution in [2.24, 2.45) is 0 Å². The molecule has 1 nitrogen and oxygen atoms in total. The molecular weight excluding hydrogens is 146 g/mol. The predicted molar refractivity (Wildman–Crippen MR) is 48.6 cm³/mol. The lowest BCUT2D eigenvalue weighted by Gasteiger charge is -2.36. The Morgan fingerprint density at radius 2 is 2.25 bits per heavy atom. The first kappa shape index (κ1) is 7.36. The van der Waals surface area contributed by atoms with Crippen molar-refractivity contribution in [1.29, 1.82) is 0 Å². The molecule has 1 fully saturated rings. The van der Waals surface area contributed by atoms with Gasteiger partial charge in [0.2, 0.25) is 0 Å². The van der Waals surface area contributed by atoms with E-state index in [2.05, 4.69) is 10.9 Å². The van der Waals surface area contributed by atoms with Gasteiger partial charge in [-0.2, -0.15) is 0 Å². The van der Waals surface area contributed by atoms with E-state index in [9.17, 15) is 0 Å². The Balaban J connectivity index is 2.36. The van der Waals surface area contributed by atoms with Crippen molar-refractivity contribution in [3.8, 4) is 12.3 Å². The smallest absolute Gasteiger partial charge is 0.0731 e. The minimum Gasteiger partial charge on any atom is -0.260 e. The first-order valence-corrected chi connectivity index (χ1v) is 4.27. The highest BCUT2D eigenvalue weighted by molar-refractivity contribution is 5.31. The van der Waals surface area contributed by atoms with Crippen molar-refractivity contribution in [2.75, 3.05) is 0 Å². The van der Waals surface area contributed by atoms with Crippen molar-refractivity contribution in [1.82, 2.24) is 4.98 Å². The highest BCUT2D eigenvalue weighted by atomic mass is 14.7. The zero-order valence-corrected chi connectivity index (χ0v) is 6.96. The molecule has 0 atom stereocenters. The van der Waals surface area contributed by atoms with Gasteiger partial charge in [0.15, 0.2) is 0 Å². The van der Waals surface area contributed by atoms with Gasteiger partial charge in [0.05, 0.1) is 11.1 Å². The van der Waals surface area contributed by atoms with Crippen LogP contribution in [-0.4, -0.2) is 4.98 Å². The van der Waals surface area contributed by atoms with Crippen LogP contribution in [0.15, 0.2) is 24.4 Å². The average Bonchev–Trinajstić information content (AvgIpc) is 2.05. The number of aromatic nitrogens is 1. The molecule has 0 radical (unpaired) electrons. The molecule has 0 amide bonds. The fourth-order valence-corrected chi connectivity index (χ4v) is 1.65. The van der Waals surface area contributed by atoms with Crippen LogP contribution in [0.4, 0.5) is 0 Å². The van der Waals surface area contributed by atoms with Crippen LogP contribution in [0.2, 0.25) is 0 Å². The fourth-order valence-electron chi connectivity index (χ4n) is 1.65. The molecule has 1 heterocycles. The SMILES string of the molecule is C#CC1(c2ccccn2)CCC1. The average molecular weight is 157 g/mol. The number of rotatable bonds is 1. The molecule has 1 aromatic heterocycles. The topological polar surface area (TPSA) is 12.9 Å². The number of hydrogen-bond acceptors (Lipinski definition) is 1. The molecule has 0 unspecified atom stereocenters. The fraction of sp³-hybridized carbons (Fsp3) is 0.364. The van der Waals surface area contributed by atoms with Crippen LogP contribution in [0.1, 0.15) is 25.0 Å². The maximum atomic E-state index is 5.51. The van der Waals surface area contributed by atoms with E-state index in [-0.39, 0.29) is 5.41 Å². The normalized spacial score (nSPS) is 19.2. The van der Waals surface area contributed by atoms with Crippen molar-refractivity contribution in [3.63, 3.8) is 0 Å². The van der Waals surface area contributed by atoms with E-state index >= 15 is 0 Å². The summed E-state index contributed by atoms with van der Waals surface area (Å²) in [6, 6.07) is 5.95. The second-order valence-electron chi connectivity index (χ2n) is 3.29. The Kier molecular flexibility index (Phi) is 1.62. The van der Waals surface area contributed by atoms with Crippen molar-refractivity contribution in [3.05, 3.63) is 30.1 Å². The third-order valence-corrected chi connectivity index (χ3v) is 2.64. The van der Waals surface area contributed by atoms with Gasteiger partial charge >= 0.3 is 0 Å². The van der Waals surface area contributed by atoms with Gasteiger partial charge in [-0.05, 0) is 31.4 Å². The summed E-state index contributed by atoms with van der Waals surface area (Å²) in [5.41, 5.74) is 1.04. The van der Waals surface area contributed by atoms with Gasteiger partial charge in [0, 0.05) is 6.20 Å². The molecule has 1 heteroatoms. The van der Waals surface area contributed by atoms with Crippen molar-refractivity contribution in [2.45, 2.75) is 24.7 Å². The summed E-state index contributed by atoms with van der Waals surface area (Å²) in [4.78, 5) is 4.30. The van der Waals surface area contributed by atoms with Gasteiger partial charge in [-0.25, -0.2) is 0 Å². The molecule has 12 heavy (non-hydrogen) atoms. The molecular formula is C11H11N. The molecule has 1 aliphatic rings. The molecule has 1 aromatic rings. The summed E-state index contributed by atoms with van der Waals surface area (Å²) in [6.45, 7) is 0. The van der Waals surface area contributed by atoms with Crippen LogP contribution in [0.3, 0.4) is 0 Å². The zero-order valence-electron chi connectivity index (χ0n) is 6.96. The van der Waals surface area contributed by atoms with E-state index < -0.39 is 0 Å². The molecule has 0 aliphatic heterocycles. The summed E-state index contributed by atoms with van der Waals surface area (Å²) in [6.07, 6.45) is 10.8. The maximum absolute atomic E-state index is 5.51. The highest BCUT2D eigenvalue weighted by Crippen LogP contribution is 2.41. The minimum atomic E-state index is -0.0265. The van der Waals surface area contributed by atoms with E-state index in [1.807, 2.05) is 24.4 Å². The molecule has 0 aromatic carbocycles. The predicted octanol–water partition coefficient (Wildman–Crippen LogP) is 2.14. The summed E-state index contributed by atoms with van der Waals surface area (Å²) in [5.74, 6) is 2.87. The lowest BCUT2D eigenvalue weighted by atomic mass is 9.67. The third kappa shape index (κ3) is 0.921. The quantitative estimate of drug-likeness (QED) is 0.569. The Morgan fingerprint density at radius 1 is 1.42 bits per heavy atom. The van der Waals surface area contributed by atoms with Gasteiger partial charge < -0.3 is 0 Å². The molecule has 1 aliphatic carbocycles. The van der Waals surface area contributed by atoms with Crippen LogP contribution in [0.25, 0.3) is 0 Å². The summed E-state index contributed by atoms with van der Waals surface area (Å²) < 4.78 is 0. The molecule has 60 valence electrons. The van der Waals surface area contributed by atoms with Gasteiger partial charge in [-0.1, -0.05) is 12.0 Å². The number of terminal acetylenes is 1. The van der Waals surface area contributed by atoms with Gasteiger partial charge in [0.1, 0.15) is 0 Å². The second kappa shape index (κ2) is 2.64. The van der Waals surface area contributed by atoms with E-state index in [0.717, 1.165) is 18.5 Å². The third-order valence-electron chi connectivity index (χ3n) is 2.64. The molecule has 0 N–H and O–H groups in total. The van der Waals surface area contributed by atoms with Crippen LogP contribution in [0, 0.1) is 12.3 Å². The van der Waals surface area contributed by atoms with Crippen LogP contribution >= 0.6 is 0 Å². The highest BCUT2D eigenvalue weighted by Gasteiger charge is 2.37. The summed E-state index contributed by atoms with van der Waals surface area (Å²) in [7, 11) is 0. The zero-order chi connectivity index (χ0) is 8.44. The van der Waals surface area contributed by atoms with Crippen LogP contribution < -0.4 is 0 Å². The maximum Gasteiger partial charge on any atom is 0.0731 e. The monoisotopic (exact) mass is 157 g/mol. The Labute approximate surface area is 72.8 Å². The van der Waals surface area contributed by atoms with Crippen LogP contribution in [0.5, 0.6) is 0 Å². The number of hydrogen-bond donors (Lipinski definition) is 0. The van der Waals surface area contributed by atoms with Crippen molar-refractivity contribution >= 4 is 0 Å². The first-order valence-electron chi connectivity index (χ1n) is 4.27. The van der Waals surface area contributed by atoms with Gasteiger partial charge in [-0.3, -0.25) is 4.98 Å². The van der Waals surface area contributed by atoms with E-state index in [4.69, 9.17) is 6.42 Å². The standard InChI is InChI=1S/C11H11N/c1-2-11(7-5-8-11)10-6-3-4-9-12-10/h1,3-4,6,9H,5,7-8H2. The second-order valence-corrected chi connectivity index (χ2v) is 3.29. The lowest BCUT2D eigenvalue weighted by Crippen LogP contribution is -2.33. The largest absolute Gasteiger partial charge is 0.260 e. The van der Waals surface area contributed by atoms with E-state index in [1.54, 1.807) is 0 Å². The number of pyridine rings is 1. The van der Waals surface area contributed by atoms with E-state index in [1.165, 1.54) is 6.42 Å². The molecule has 2 rings (SSSR count). The van der Waals surface area contributed by atoms with Gasteiger partial charge in [0.25, 0.3) is 0 Å². The van der Waals surface area contributed by atoms with Crippen LogP contribution in [-0.2, 0) is 5.41 Å². The van der Waals surface area contributed by atoms with Gasteiger partial charge in [-0.15, -0.1) is 6.42 Å². The molecule has 0 saturated heterocycles. The molecule has 0 bridgehead atoms. The lowest BCUT2D eigenvalue weighted by molar-refractivity contribution is 0.320. The molecule has 1 saturated carbocycles. The number of nitrogens with zero attached hydrogens (tertiary/aromatic N) is 1. The minimum absolute atomic E-state index is 0.0265. The van der Waals surface area contributed by atoms with E-state index in [0.29, 0.717) is 0 Å². The Hall–Kier alpha value is -1.29. The summed E-state index contributed by atoms with van der Waals surface area (Å²) >= 11 is 0. The molecule has 0 spiro atoms. The Bertz CT molecular complexity index is 304. The summed E-state index contributed by atoms with van der Waals surface area (Å²) in [5, 5.41) is 0.